The zero-order valence-electron chi connectivity index (χ0n) is 16.0. The SMILES string of the molecule is NC(CCCc1ccccc1)C(=O)O.N[C@H](CCCc1ccccc1)C(=O)O. The molecule has 0 aromatic heterocycles. The second kappa shape index (κ2) is 13.5. The van der Waals surface area contributed by atoms with Gasteiger partial charge < -0.3 is 21.7 Å². The van der Waals surface area contributed by atoms with Crippen molar-refractivity contribution < 1.29 is 19.8 Å². The molecule has 6 nitrogen and oxygen atoms in total. The van der Waals surface area contributed by atoms with Crippen molar-refractivity contribution in [2.24, 2.45) is 11.5 Å². The molecule has 2 atom stereocenters. The van der Waals surface area contributed by atoms with Crippen molar-refractivity contribution in [2.45, 2.75) is 50.6 Å². The van der Waals surface area contributed by atoms with Crippen LogP contribution in [0, 0.1) is 0 Å². The maximum atomic E-state index is 10.4. The first kappa shape index (κ1) is 23.3. The molecule has 0 amide bonds. The maximum absolute atomic E-state index is 10.4. The second-order valence-electron chi connectivity index (χ2n) is 6.65. The van der Waals surface area contributed by atoms with Gasteiger partial charge in [0.05, 0.1) is 0 Å². The highest BCUT2D eigenvalue weighted by Gasteiger charge is 2.10. The van der Waals surface area contributed by atoms with Gasteiger partial charge in [0.2, 0.25) is 0 Å². The number of carboxylic acids is 2. The van der Waals surface area contributed by atoms with E-state index in [9.17, 15) is 9.59 Å². The summed E-state index contributed by atoms with van der Waals surface area (Å²) in [6.07, 6.45) is 4.48. The van der Waals surface area contributed by atoms with Crippen molar-refractivity contribution >= 4 is 11.9 Å². The van der Waals surface area contributed by atoms with Gasteiger partial charge in [0.25, 0.3) is 0 Å². The van der Waals surface area contributed by atoms with E-state index >= 15 is 0 Å². The lowest BCUT2D eigenvalue weighted by molar-refractivity contribution is -0.139. The average Bonchev–Trinajstić information content (AvgIpc) is 2.70. The summed E-state index contributed by atoms with van der Waals surface area (Å²) in [6.45, 7) is 0. The summed E-state index contributed by atoms with van der Waals surface area (Å²) in [6, 6.07) is 18.5. The molecule has 0 aliphatic carbocycles. The minimum Gasteiger partial charge on any atom is -0.480 e. The number of carboxylic acid groups (broad SMARTS) is 2. The summed E-state index contributed by atoms with van der Waals surface area (Å²) in [7, 11) is 0. The van der Waals surface area contributed by atoms with Crippen LogP contribution in [0.1, 0.15) is 36.8 Å². The van der Waals surface area contributed by atoms with Gasteiger partial charge in [-0.1, -0.05) is 60.7 Å². The van der Waals surface area contributed by atoms with Gasteiger partial charge in [0.15, 0.2) is 0 Å². The molecule has 0 aliphatic rings. The molecule has 2 aromatic rings. The lowest BCUT2D eigenvalue weighted by atomic mass is 10.1. The Kier molecular flexibility index (Phi) is 11.2. The van der Waals surface area contributed by atoms with Crippen LogP contribution >= 0.6 is 0 Å². The van der Waals surface area contributed by atoms with Crippen LogP contribution in [0.2, 0.25) is 0 Å². The molecule has 0 fully saturated rings. The summed E-state index contributed by atoms with van der Waals surface area (Å²) in [5, 5.41) is 17.1. The molecular formula is C22H30N2O4. The Balaban J connectivity index is 0.000000280. The monoisotopic (exact) mass is 386 g/mol. The van der Waals surface area contributed by atoms with Crippen LogP contribution in [-0.4, -0.2) is 34.2 Å². The Bertz CT molecular complexity index is 631. The summed E-state index contributed by atoms with van der Waals surface area (Å²) in [5.74, 6) is -1.84. The number of hydrogen-bond acceptors (Lipinski definition) is 4. The topological polar surface area (TPSA) is 127 Å². The van der Waals surface area contributed by atoms with Gasteiger partial charge >= 0.3 is 11.9 Å². The lowest BCUT2D eigenvalue weighted by Crippen LogP contribution is -2.29. The quantitative estimate of drug-likeness (QED) is 0.497. The van der Waals surface area contributed by atoms with Gasteiger partial charge in [-0.25, -0.2) is 0 Å². The Morgan fingerprint density at radius 1 is 0.679 bits per heavy atom. The van der Waals surface area contributed by atoms with Crippen molar-refractivity contribution in [3.8, 4) is 0 Å². The molecule has 0 spiro atoms. The molecule has 0 heterocycles. The van der Waals surface area contributed by atoms with Crippen molar-refractivity contribution in [1.82, 2.24) is 0 Å². The van der Waals surface area contributed by atoms with E-state index in [1.807, 2.05) is 60.7 Å². The largest absolute Gasteiger partial charge is 0.480 e. The predicted octanol–water partition coefficient (Wildman–Crippen LogP) is 2.84. The minimum atomic E-state index is -0.918. The Labute approximate surface area is 166 Å². The predicted molar refractivity (Wildman–Crippen MR) is 110 cm³/mol. The fourth-order valence-corrected chi connectivity index (χ4v) is 2.59. The van der Waals surface area contributed by atoms with Crippen molar-refractivity contribution in [3.05, 3.63) is 71.8 Å². The molecule has 28 heavy (non-hydrogen) atoms. The highest BCUT2D eigenvalue weighted by atomic mass is 16.4. The molecule has 2 rings (SSSR count). The zero-order valence-corrected chi connectivity index (χ0v) is 16.0. The number of carbonyl (C=O) groups is 2. The van der Waals surface area contributed by atoms with E-state index in [2.05, 4.69) is 0 Å². The minimum absolute atomic E-state index is 0.532. The molecule has 1 unspecified atom stereocenters. The molecule has 6 heteroatoms. The molecule has 2 aromatic carbocycles. The molecule has 0 aliphatic heterocycles. The average molecular weight is 386 g/mol. The van der Waals surface area contributed by atoms with E-state index in [1.54, 1.807) is 0 Å². The highest BCUT2D eigenvalue weighted by molar-refractivity contribution is 5.73. The number of aryl methyl sites for hydroxylation is 2. The summed E-state index contributed by atoms with van der Waals surface area (Å²) in [4.78, 5) is 20.8. The lowest BCUT2D eigenvalue weighted by Gasteiger charge is -2.05. The number of aliphatic carboxylic acids is 2. The van der Waals surface area contributed by atoms with E-state index < -0.39 is 24.0 Å². The molecule has 152 valence electrons. The van der Waals surface area contributed by atoms with E-state index in [-0.39, 0.29) is 0 Å². The first-order chi connectivity index (χ1) is 13.4. The van der Waals surface area contributed by atoms with Crippen molar-refractivity contribution in [2.75, 3.05) is 0 Å². The van der Waals surface area contributed by atoms with E-state index in [0.717, 1.165) is 25.7 Å². The van der Waals surface area contributed by atoms with Gasteiger partial charge in [-0.05, 0) is 49.7 Å². The van der Waals surface area contributed by atoms with Crippen LogP contribution in [-0.2, 0) is 22.4 Å². The van der Waals surface area contributed by atoms with Crippen molar-refractivity contribution in [1.29, 1.82) is 0 Å². The van der Waals surface area contributed by atoms with Gasteiger partial charge in [-0.3, -0.25) is 9.59 Å². The summed E-state index contributed by atoms with van der Waals surface area (Å²) < 4.78 is 0. The number of benzene rings is 2. The fraction of sp³-hybridized carbons (Fsp3) is 0.364. The number of rotatable bonds is 10. The molecule has 0 bridgehead atoms. The first-order valence-corrected chi connectivity index (χ1v) is 9.44. The maximum Gasteiger partial charge on any atom is 0.320 e. The third-order valence-corrected chi connectivity index (χ3v) is 4.28. The van der Waals surface area contributed by atoms with Crippen LogP contribution in [0.5, 0.6) is 0 Å². The first-order valence-electron chi connectivity index (χ1n) is 9.44. The van der Waals surface area contributed by atoms with Crippen molar-refractivity contribution in [3.63, 3.8) is 0 Å². The number of hydrogen-bond donors (Lipinski definition) is 4. The van der Waals surface area contributed by atoms with Gasteiger partial charge in [0, 0.05) is 0 Å². The van der Waals surface area contributed by atoms with Gasteiger partial charge in [0.1, 0.15) is 12.1 Å². The molecule has 0 radical (unpaired) electrons. The van der Waals surface area contributed by atoms with Crippen LogP contribution in [0.4, 0.5) is 0 Å². The van der Waals surface area contributed by atoms with E-state index in [1.165, 1.54) is 11.1 Å². The molecular weight excluding hydrogens is 356 g/mol. The van der Waals surface area contributed by atoms with Crippen LogP contribution in [0.3, 0.4) is 0 Å². The fourth-order valence-electron chi connectivity index (χ4n) is 2.59. The van der Waals surface area contributed by atoms with E-state index in [4.69, 9.17) is 21.7 Å². The highest BCUT2D eigenvalue weighted by Crippen LogP contribution is 2.06. The summed E-state index contributed by atoms with van der Waals surface area (Å²) >= 11 is 0. The van der Waals surface area contributed by atoms with E-state index in [0.29, 0.717) is 12.8 Å². The zero-order chi connectivity index (χ0) is 20.8. The summed E-state index contributed by atoms with van der Waals surface area (Å²) in [5.41, 5.74) is 13.2. The van der Waals surface area contributed by atoms with Crippen LogP contribution in [0.25, 0.3) is 0 Å². The standard InChI is InChI=1S/2C11H15NO2/c2*12-10(11(13)14)8-4-7-9-5-2-1-3-6-9/h2*1-3,5-6,10H,4,7-8,12H2,(H,13,14)/t10-;/m1./s1. The normalized spacial score (nSPS) is 12.4. The second-order valence-corrected chi connectivity index (χ2v) is 6.65. The third-order valence-electron chi connectivity index (χ3n) is 4.28. The van der Waals surface area contributed by atoms with Crippen LogP contribution < -0.4 is 11.5 Å². The Hall–Kier alpha value is -2.70. The molecule has 0 saturated heterocycles. The molecule has 0 saturated carbocycles. The molecule has 6 N–H and O–H groups in total. The van der Waals surface area contributed by atoms with Gasteiger partial charge in [-0.15, -0.1) is 0 Å². The van der Waals surface area contributed by atoms with Crippen LogP contribution in [0.15, 0.2) is 60.7 Å². The Morgan fingerprint density at radius 2 is 1.00 bits per heavy atom. The number of nitrogens with two attached hydrogens (primary N) is 2. The Morgan fingerprint density at radius 3 is 1.29 bits per heavy atom. The third kappa shape index (κ3) is 10.4. The smallest absolute Gasteiger partial charge is 0.320 e. The van der Waals surface area contributed by atoms with Gasteiger partial charge in [-0.2, -0.15) is 0 Å².